The number of rotatable bonds is 7. The van der Waals surface area contributed by atoms with Crippen molar-refractivity contribution in [3.8, 4) is 0 Å². The van der Waals surface area contributed by atoms with Crippen LogP contribution in [-0.4, -0.2) is 26.7 Å². The van der Waals surface area contributed by atoms with E-state index in [4.69, 9.17) is 5.41 Å². The Balaban J connectivity index is 2.72. The van der Waals surface area contributed by atoms with Gasteiger partial charge in [0.05, 0.1) is 11.0 Å². The van der Waals surface area contributed by atoms with E-state index in [-0.39, 0.29) is 11.7 Å². The van der Waals surface area contributed by atoms with Gasteiger partial charge in [-0.15, -0.1) is 0 Å². The Labute approximate surface area is 104 Å². The third-order valence-electron chi connectivity index (χ3n) is 2.74. The third-order valence-corrected chi connectivity index (χ3v) is 2.74. The van der Waals surface area contributed by atoms with Crippen molar-refractivity contribution in [1.82, 2.24) is 9.78 Å². The fraction of sp³-hybridized carbons (Fsp3) is 0.545. The zero-order valence-corrected chi connectivity index (χ0v) is 10.4. The minimum absolute atomic E-state index is 0.0127. The molecule has 0 spiro atoms. The quantitative estimate of drug-likeness (QED) is 0.347. The third kappa shape index (κ3) is 3.22. The van der Waals surface area contributed by atoms with Crippen molar-refractivity contribution in [2.45, 2.75) is 39.2 Å². The SMILES string of the molecule is Cc1c([N+](=O)[O-])cnn1[C@@H](C)CC(=N)CCC=O. The van der Waals surface area contributed by atoms with Crippen LogP contribution in [0.3, 0.4) is 0 Å². The monoisotopic (exact) mass is 252 g/mol. The fourth-order valence-corrected chi connectivity index (χ4v) is 1.82. The van der Waals surface area contributed by atoms with E-state index in [2.05, 4.69) is 5.10 Å². The molecule has 0 unspecified atom stereocenters. The first-order valence-electron chi connectivity index (χ1n) is 5.65. The van der Waals surface area contributed by atoms with Gasteiger partial charge < -0.3 is 10.2 Å². The largest absolute Gasteiger partial charge is 0.310 e. The first kappa shape index (κ1) is 14.0. The summed E-state index contributed by atoms with van der Waals surface area (Å²) in [7, 11) is 0. The summed E-state index contributed by atoms with van der Waals surface area (Å²) in [6, 6.07) is -0.127. The van der Waals surface area contributed by atoms with Gasteiger partial charge in [-0.25, -0.2) is 0 Å². The molecule has 0 saturated heterocycles. The van der Waals surface area contributed by atoms with Crippen molar-refractivity contribution >= 4 is 17.7 Å². The van der Waals surface area contributed by atoms with Crippen molar-refractivity contribution in [2.75, 3.05) is 0 Å². The number of hydrogen-bond acceptors (Lipinski definition) is 5. The molecular weight excluding hydrogens is 236 g/mol. The number of nitro groups is 1. The van der Waals surface area contributed by atoms with Gasteiger partial charge in [0.25, 0.3) is 0 Å². The van der Waals surface area contributed by atoms with Gasteiger partial charge in [0.15, 0.2) is 0 Å². The lowest BCUT2D eigenvalue weighted by Crippen LogP contribution is -2.13. The molecule has 1 N–H and O–H groups in total. The predicted octanol–water partition coefficient (Wildman–Crippen LogP) is 2.05. The van der Waals surface area contributed by atoms with Crippen LogP contribution in [0.2, 0.25) is 0 Å². The van der Waals surface area contributed by atoms with Gasteiger partial charge in [0, 0.05) is 18.6 Å². The van der Waals surface area contributed by atoms with E-state index in [1.807, 2.05) is 6.92 Å². The maximum absolute atomic E-state index is 10.7. The molecule has 0 aliphatic rings. The van der Waals surface area contributed by atoms with Gasteiger partial charge in [-0.2, -0.15) is 5.10 Å². The van der Waals surface area contributed by atoms with Crippen LogP contribution >= 0.6 is 0 Å². The maximum atomic E-state index is 10.7. The molecule has 0 fully saturated rings. The van der Waals surface area contributed by atoms with Crippen molar-refractivity contribution < 1.29 is 9.72 Å². The van der Waals surface area contributed by atoms with Crippen molar-refractivity contribution in [1.29, 1.82) is 5.41 Å². The molecule has 7 nitrogen and oxygen atoms in total. The van der Waals surface area contributed by atoms with Crippen LogP contribution in [0.4, 0.5) is 5.69 Å². The number of carbonyl (C=O) groups excluding carboxylic acids is 1. The Morgan fingerprint density at radius 3 is 2.89 bits per heavy atom. The Morgan fingerprint density at radius 1 is 1.72 bits per heavy atom. The molecular formula is C11H16N4O3. The molecule has 1 rings (SSSR count). The minimum atomic E-state index is -0.469. The van der Waals surface area contributed by atoms with Gasteiger partial charge in [0.2, 0.25) is 0 Å². The van der Waals surface area contributed by atoms with Crippen LogP contribution in [0.15, 0.2) is 6.20 Å². The minimum Gasteiger partial charge on any atom is -0.310 e. The number of hydrogen-bond donors (Lipinski definition) is 1. The first-order chi connectivity index (χ1) is 8.47. The molecule has 0 aliphatic heterocycles. The Bertz CT molecular complexity index is 467. The molecule has 7 heteroatoms. The van der Waals surface area contributed by atoms with Crippen LogP contribution in [0.25, 0.3) is 0 Å². The first-order valence-corrected chi connectivity index (χ1v) is 5.65. The van der Waals surface area contributed by atoms with Crippen LogP contribution in [0.1, 0.15) is 37.9 Å². The number of aromatic nitrogens is 2. The van der Waals surface area contributed by atoms with E-state index in [1.165, 1.54) is 6.20 Å². The highest BCUT2D eigenvalue weighted by atomic mass is 16.6. The lowest BCUT2D eigenvalue weighted by Gasteiger charge is -2.13. The number of nitrogens with zero attached hydrogens (tertiary/aromatic N) is 3. The van der Waals surface area contributed by atoms with Crippen LogP contribution in [-0.2, 0) is 4.79 Å². The number of nitrogens with one attached hydrogen (secondary N) is 1. The second-order valence-electron chi connectivity index (χ2n) is 4.18. The average Bonchev–Trinajstić information content (AvgIpc) is 2.68. The molecule has 0 saturated carbocycles. The van der Waals surface area contributed by atoms with Gasteiger partial charge >= 0.3 is 5.69 Å². The molecule has 0 aliphatic carbocycles. The van der Waals surface area contributed by atoms with Crippen molar-refractivity contribution in [3.05, 3.63) is 22.0 Å². The van der Waals surface area contributed by atoms with E-state index in [1.54, 1.807) is 11.6 Å². The lowest BCUT2D eigenvalue weighted by atomic mass is 10.1. The molecule has 1 heterocycles. The van der Waals surface area contributed by atoms with Crippen LogP contribution in [0, 0.1) is 22.4 Å². The molecule has 18 heavy (non-hydrogen) atoms. The van der Waals surface area contributed by atoms with Crippen LogP contribution in [0.5, 0.6) is 0 Å². The van der Waals surface area contributed by atoms with Gasteiger partial charge in [-0.05, 0) is 20.3 Å². The Hall–Kier alpha value is -2.05. The zero-order valence-electron chi connectivity index (χ0n) is 10.4. The van der Waals surface area contributed by atoms with Gasteiger partial charge in [-0.3, -0.25) is 14.8 Å². The molecule has 1 aromatic heterocycles. The van der Waals surface area contributed by atoms with Gasteiger partial charge in [0.1, 0.15) is 18.2 Å². The molecule has 0 radical (unpaired) electrons. The van der Waals surface area contributed by atoms with Crippen molar-refractivity contribution in [2.24, 2.45) is 0 Å². The summed E-state index contributed by atoms with van der Waals surface area (Å²) in [6.45, 7) is 3.48. The smallest absolute Gasteiger partial charge is 0.309 e. The second-order valence-corrected chi connectivity index (χ2v) is 4.18. The fourth-order valence-electron chi connectivity index (χ4n) is 1.82. The molecule has 1 atom stereocenters. The molecule has 98 valence electrons. The normalized spacial score (nSPS) is 12.1. The summed E-state index contributed by atoms with van der Waals surface area (Å²) in [5.74, 6) is 0. The lowest BCUT2D eigenvalue weighted by molar-refractivity contribution is -0.385. The highest BCUT2D eigenvalue weighted by Gasteiger charge is 2.20. The van der Waals surface area contributed by atoms with E-state index in [9.17, 15) is 14.9 Å². The zero-order chi connectivity index (χ0) is 13.7. The Kier molecular flexibility index (Phi) is 4.70. The topological polar surface area (TPSA) is 102 Å². The Morgan fingerprint density at radius 2 is 2.39 bits per heavy atom. The summed E-state index contributed by atoms with van der Waals surface area (Å²) >= 11 is 0. The average molecular weight is 252 g/mol. The summed E-state index contributed by atoms with van der Waals surface area (Å²) in [6.07, 6.45) is 3.21. The molecule has 1 aromatic rings. The van der Waals surface area contributed by atoms with E-state index >= 15 is 0 Å². The summed E-state index contributed by atoms with van der Waals surface area (Å²) in [5, 5.41) is 22.4. The van der Waals surface area contributed by atoms with Gasteiger partial charge in [-0.1, -0.05) is 0 Å². The maximum Gasteiger partial charge on any atom is 0.309 e. The molecule has 0 aromatic carbocycles. The van der Waals surface area contributed by atoms with E-state index in [0.29, 0.717) is 30.7 Å². The number of carbonyl (C=O) groups is 1. The number of aldehydes is 1. The summed E-state index contributed by atoms with van der Waals surface area (Å²) in [4.78, 5) is 20.4. The van der Waals surface area contributed by atoms with Crippen molar-refractivity contribution in [3.63, 3.8) is 0 Å². The van der Waals surface area contributed by atoms with E-state index < -0.39 is 4.92 Å². The summed E-state index contributed by atoms with van der Waals surface area (Å²) < 4.78 is 1.55. The van der Waals surface area contributed by atoms with Crippen LogP contribution < -0.4 is 0 Å². The highest BCUT2D eigenvalue weighted by Crippen LogP contribution is 2.22. The second kappa shape index (κ2) is 6.04. The molecule has 0 bridgehead atoms. The highest BCUT2D eigenvalue weighted by molar-refractivity contribution is 5.83. The predicted molar refractivity (Wildman–Crippen MR) is 66.0 cm³/mol. The van der Waals surface area contributed by atoms with E-state index in [0.717, 1.165) is 6.29 Å². The summed E-state index contributed by atoms with van der Waals surface area (Å²) in [5.41, 5.74) is 0.920. The molecule has 0 amide bonds. The standard InChI is InChI=1S/C11H16N4O3/c1-8(6-10(12)4-3-5-16)14-9(2)11(7-13-14)15(17)18/h5,7-8,12H,3-4,6H2,1-2H3/t8-/m0/s1.